The first-order valence-electron chi connectivity index (χ1n) is 11.6. The lowest BCUT2D eigenvalue weighted by atomic mass is 9.92. The Hall–Kier alpha value is -4.85. The largest absolute Gasteiger partial charge is 0.433 e. The number of rotatable bonds is 9. The van der Waals surface area contributed by atoms with Crippen LogP contribution in [0.15, 0.2) is 64.4 Å². The number of alkyl halides is 2. The van der Waals surface area contributed by atoms with Gasteiger partial charge in [0.15, 0.2) is 0 Å². The summed E-state index contributed by atoms with van der Waals surface area (Å²) in [7, 11) is 3.29. The summed E-state index contributed by atoms with van der Waals surface area (Å²) in [5.41, 5.74) is -2.96. The number of hydrogen-bond acceptors (Lipinski definition) is 7. The van der Waals surface area contributed by atoms with E-state index in [-0.39, 0.29) is 45.9 Å². The second-order valence-electron chi connectivity index (χ2n) is 8.88. The lowest BCUT2D eigenvalue weighted by molar-refractivity contribution is -0.385. The summed E-state index contributed by atoms with van der Waals surface area (Å²) in [6.45, 7) is -3.15. The van der Waals surface area contributed by atoms with Gasteiger partial charge in [0.2, 0.25) is 0 Å². The summed E-state index contributed by atoms with van der Waals surface area (Å²) in [4.78, 5) is 44.3. The molecule has 4 aromatic rings. The van der Waals surface area contributed by atoms with Gasteiger partial charge in [-0.15, -0.1) is 0 Å². The molecule has 0 amide bonds. The Labute approximate surface area is 223 Å². The fourth-order valence-electron chi connectivity index (χ4n) is 4.29. The maximum atomic E-state index is 14.7. The fraction of sp³-hybridized carbons (Fsp3) is 0.192. The van der Waals surface area contributed by atoms with Gasteiger partial charge in [-0.2, -0.15) is 8.78 Å². The monoisotopic (exact) mass is 559 g/mol. The number of nitro groups is 1. The average Bonchev–Trinajstić information content (AvgIpc) is 2.86. The molecule has 1 N–H and O–H groups in total. The first-order chi connectivity index (χ1) is 19.0. The van der Waals surface area contributed by atoms with Crippen LogP contribution < -0.4 is 16.0 Å². The minimum atomic E-state index is -3.15. The quantitative estimate of drug-likeness (QED) is 0.187. The van der Waals surface area contributed by atoms with Crippen LogP contribution in [-0.2, 0) is 13.0 Å². The van der Waals surface area contributed by atoms with Crippen LogP contribution in [0.25, 0.3) is 16.9 Å². The smallest absolute Gasteiger partial charge is 0.387 e. The van der Waals surface area contributed by atoms with Gasteiger partial charge in [0.25, 0.3) is 11.2 Å². The molecule has 10 nitrogen and oxygen atoms in total. The number of benzene rings is 2. The van der Waals surface area contributed by atoms with Crippen molar-refractivity contribution in [3.8, 4) is 22.7 Å². The molecule has 0 unspecified atom stereocenters. The number of ether oxygens (including phenoxy) is 1. The third kappa shape index (κ3) is 5.91. The van der Waals surface area contributed by atoms with Crippen LogP contribution in [0.4, 0.5) is 23.2 Å². The van der Waals surface area contributed by atoms with Gasteiger partial charge in [-0.25, -0.2) is 13.6 Å². The number of aromatic amines is 1. The molecular formula is C26H21F4N5O5. The molecule has 0 radical (unpaired) electrons. The Bertz CT molecular complexity index is 1670. The number of H-pyrrole nitrogens is 1. The Balaban J connectivity index is 2.14. The van der Waals surface area contributed by atoms with Crippen molar-refractivity contribution in [3.63, 3.8) is 0 Å². The van der Waals surface area contributed by atoms with Crippen LogP contribution >= 0.6 is 0 Å². The van der Waals surface area contributed by atoms with E-state index in [1.54, 1.807) is 19.0 Å². The number of halogens is 4. The van der Waals surface area contributed by atoms with Crippen LogP contribution in [-0.4, -0.2) is 45.1 Å². The molecule has 0 saturated heterocycles. The van der Waals surface area contributed by atoms with Crippen LogP contribution in [0.1, 0.15) is 16.7 Å². The molecule has 0 fully saturated rings. The maximum Gasteiger partial charge on any atom is 0.387 e. The Morgan fingerprint density at radius 3 is 2.35 bits per heavy atom. The van der Waals surface area contributed by atoms with Gasteiger partial charge in [-0.3, -0.25) is 29.4 Å². The molecule has 4 rings (SSSR count). The van der Waals surface area contributed by atoms with Gasteiger partial charge in [0.1, 0.15) is 22.9 Å². The summed E-state index contributed by atoms with van der Waals surface area (Å²) in [5.74, 6) is -2.11. The summed E-state index contributed by atoms with van der Waals surface area (Å²) >= 11 is 0. The summed E-state index contributed by atoms with van der Waals surface area (Å²) in [6, 6.07) is 7.88. The Morgan fingerprint density at radius 1 is 1.10 bits per heavy atom. The lowest BCUT2D eigenvalue weighted by Crippen LogP contribution is -2.29. The molecule has 0 aliphatic rings. The number of aromatic nitrogens is 3. The number of pyridine rings is 1. The van der Waals surface area contributed by atoms with Crippen molar-refractivity contribution in [1.82, 2.24) is 19.4 Å². The van der Waals surface area contributed by atoms with Crippen LogP contribution in [0.5, 0.6) is 5.75 Å². The van der Waals surface area contributed by atoms with Crippen molar-refractivity contribution in [3.05, 3.63) is 114 Å². The van der Waals surface area contributed by atoms with Crippen molar-refractivity contribution in [2.24, 2.45) is 0 Å². The number of hydrogen-bond donors (Lipinski definition) is 1. The Kier molecular flexibility index (Phi) is 8.09. The van der Waals surface area contributed by atoms with Crippen molar-refractivity contribution in [2.75, 3.05) is 14.1 Å². The predicted molar refractivity (Wildman–Crippen MR) is 136 cm³/mol. The first-order valence-corrected chi connectivity index (χ1v) is 11.6. The fourth-order valence-corrected chi connectivity index (χ4v) is 4.29. The number of nitrogens with one attached hydrogen (secondary N) is 1. The molecule has 0 bridgehead atoms. The van der Waals surface area contributed by atoms with Crippen LogP contribution in [0.3, 0.4) is 0 Å². The van der Waals surface area contributed by atoms with Crippen LogP contribution in [0.2, 0.25) is 0 Å². The molecule has 0 aliphatic heterocycles. The van der Waals surface area contributed by atoms with Crippen molar-refractivity contribution in [1.29, 1.82) is 0 Å². The molecule has 2 heterocycles. The highest BCUT2D eigenvalue weighted by molar-refractivity contribution is 5.83. The topological polar surface area (TPSA) is 123 Å². The normalized spacial score (nSPS) is 11.3. The van der Waals surface area contributed by atoms with Crippen LogP contribution in [0, 0.1) is 21.7 Å². The van der Waals surface area contributed by atoms with E-state index in [2.05, 4.69) is 14.7 Å². The zero-order valence-corrected chi connectivity index (χ0v) is 21.0. The highest BCUT2D eigenvalue weighted by atomic mass is 19.3. The van der Waals surface area contributed by atoms with Gasteiger partial charge in [-0.05, 0) is 50.0 Å². The minimum Gasteiger partial charge on any atom is -0.433 e. The predicted octanol–water partition coefficient (Wildman–Crippen LogP) is 4.03. The second kappa shape index (κ2) is 11.5. The molecule has 14 heteroatoms. The number of nitro benzene ring substituents is 1. The SMILES string of the molecule is CN(C)Cc1cc(Cc2c(F)cccc2F)c(-n2ccc(=O)[nH]c2=O)c(-c2ccc(OC(F)F)cn2)c1[N+](=O)[O-]. The molecule has 2 aromatic heterocycles. The summed E-state index contributed by atoms with van der Waals surface area (Å²) < 4.78 is 60.1. The van der Waals surface area contributed by atoms with Gasteiger partial charge < -0.3 is 9.64 Å². The van der Waals surface area contributed by atoms with E-state index >= 15 is 0 Å². The highest BCUT2D eigenvalue weighted by Gasteiger charge is 2.30. The van der Waals surface area contributed by atoms with Gasteiger partial charge in [-0.1, -0.05) is 6.07 Å². The zero-order valence-electron chi connectivity index (χ0n) is 21.0. The van der Waals surface area contributed by atoms with Crippen molar-refractivity contribution >= 4 is 5.69 Å². The van der Waals surface area contributed by atoms with Gasteiger partial charge in [0.05, 0.1) is 22.5 Å². The van der Waals surface area contributed by atoms with E-state index < -0.39 is 46.5 Å². The molecule has 2 aromatic carbocycles. The van der Waals surface area contributed by atoms with E-state index in [0.29, 0.717) is 0 Å². The summed E-state index contributed by atoms with van der Waals surface area (Å²) in [6.07, 6.45) is 1.53. The highest BCUT2D eigenvalue weighted by Crippen LogP contribution is 2.41. The van der Waals surface area contributed by atoms with Crippen molar-refractivity contribution in [2.45, 2.75) is 19.6 Å². The third-order valence-electron chi connectivity index (χ3n) is 5.81. The lowest BCUT2D eigenvalue weighted by Gasteiger charge is -2.21. The first kappa shape index (κ1) is 28.2. The van der Waals surface area contributed by atoms with E-state index in [9.17, 15) is 37.3 Å². The van der Waals surface area contributed by atoms with Gasteiger partial charge in [0, 0.05) is 36.4 Å². The Morgan fingerprint density at radius 2 is 1.80 bits per heavy atom. The van der Waals surface area contributed by atoms with Gasteiger partial charge >= 0.3 is 12.3 Å². The van der Waals surface area contributed by atoms with E-state index in [1.807, 2.05) is 0 Å². The second-order valence-corrected chi connectivity index (χ2v) is 8.88. The zero-order chi connectivity index (χ0) is 29.1. The molecule has 40 heavy (non-hydrogen) atoms. The molecule has 0 spiro atoms. The van der Waals surface area contributed by atoms with E-state index in [1.165, 1.54) is 18.2 Å². The molecule has 0 aliphatic carbocycles. The van der Waals surface area contributed by atoms with E-state index in [4.69, 9.17) is 0 Å². The minimum absolute atomic E-state index is 0.00342. The van der Waals surface area contributed by atoms with E-state index in [0.717, 1.165) is 41.2 Å². The molecule has 0 saturated carbocycles. The summed E-state index contributed by atoms with van der Waals surface area (Å²) in [5, 5.41) is 12.5. The molecule has 0 atom stereocenters. The maximum absolute atomic E-state index is 14.7. The molecule has 208 valence electrons. The number of nitrogens with zero attached hydrogens (tertiary/aromatic N) is 4. The van der Waals surface area contributed by atoms with Crippen molar-refractivity contribution < 1.29 is 27.2 Å². The third-order valence-corrected chi connectivity index (χ3v) is 5.81. The standard InChI is InChI=1S/C26H21F4N5O5/c1-33(2)13-15-10-14(11-17-18(27)4-3-5-19(17)28)23(34-9-8-21(36)32-26(34)37)22(24(15)35(38)39)20-7-6-16(12-31-20)40-25(29)30/h3-10,12,25H,11,13H2,1-2H3,(H,32,36,37). The average molecular weight is 559 g/mol. The molecular weight excluding hydrogens is 538 g/mol.